The van der Waals surface area contributed by atoms with Gasteiger partial charge in [0, 0.05) is 23.2 Å². The Morgan fingerprint density at radius 1 is 1.24 bits per heavy atom. The van der Waals surface area contributed by atoms with E-state index in [4.69, 9.17) is 0 Å². The molecule has 0 aromatic heterocycles. The molecular formula is C15H20BrN3O2. The van der Waals surface area contributed by atoms with E-state index in [1.807, 2.05) is 25.1 Å². The third-order valence-electron chi connectivity index (χ3n) is 3.46. The van der Waals surface area contributed by atoms with Crippen molar-refractivity contribution in [2.75, 3.05) is 31.5 Å². The van der Waals surface area contributed by atoms with Crippen molar-refractivity contribution in [3.63, 3.8) is 0 Å². The van der Waals surface area contributed by atoms with Crippen LogP contribution in [-0.2, 0) is 9.59 Å². The van der Waals surface area contributed by atoms with E-state index in [1.54, 1.807) is 4.90 Å². The largest absolute Gasteiger partial charge is 0.375 e. The Kier molecular flexibility index (Phi) is 5.61. The van der Waals surface area contributed by atoms with Crippen LogP contribution in [0, 0.1) is 6.92 Å². The Bertz CT molecular complexity index is 528. The van der Waals surface area contributed by atoms with Crippen molar-refractivity contribution in [1.29, 1.82) is 0 Å². The average molecular weight is 354 g/mol. The third-order valence-corrected chi connectivity index (χ3v) is 4.12. The molecule has 1 aliphatic heterocycles. The smallest absolute Gasteiger partial charge is 0.241 e. The summed E-state index contributed by atoms with van der Waals surface area (Å²) >= 11 is 3.45. The molecule has 2 amide bonds. The topological polar surface area (TPSA) is 61.4 Å². The monoisotopic (exact) mass is 353 g/mol. The van der Waals surface area contributed by atoms with Gasteiger partial charge in [-0.2, -0.15) is 0 Å². The minimum absolute atomic E-state index is 0.00244. The first-order valence-corrected chi connectivity index (χ1v) is 7.90. The third kappa shape index (κ3) is 4.74. The van der Waals surface area contributed by atoms with E-state index < -0.39 is 0 Å². The second-order valence-corrected chi connectivity index (χ2v) is 6.06. The number of carbonyl (C=O) groups is 2. The van der Waals surface area contributed by atoms with Crippen molar-refractivity contribution in [3.8, 4) is 0 Å². The van der Waals surface area contributed by atoms with Gasteiger partial charge in [-0.05, 0) is 53.4 Å². The molecule has 0 aliphatic carbocycles. The Morgan fingerprint density at radius 2 is 1.95 bits per heavy atom. The number of carbonyl (C=O) groups excluding carboxylic acids is 2. The van der Waals surface area contributed by atoms with Gasteiger partial charge in [0.2, 0.25) is 11.8 Å². The Hall–Kier alpha value is -1.56. The lowest BCUT2D eigenvalue weighted by Gasteiger charge is -2.15. The minimum atomic E-state index is -0.185. The van der Waals surface area contributed by atoms with Crippen molar-refractivity contribution in [1.82, 2.24) is 10.2 Å². The summed E-state index contributed by atoms with van der Waals surface area (Å²) in [6.07, 6.45) is 2.12. The molecule has 2 rings (SSSR count). The van der Waals surface area contributed by atoms with Crippen molar-refractivity contribution in [3.05, 3.63) is 28.2 Å². The molecule has 1 aromatic carbocycles. The number of benzene rings is 1. The maximum Gasteiger partial charge on any atom is 0.241 e. The van der Waals surface area contributed by atoms with E-state index in [0.717, 1.165) is 41.7 Å². The predicted octanol–water partition coefficient (Wildman–Crippen LogP) is 1.91. The molecule has 114 valence electrons. The molecule has 5 nitrogen and oxygen atoms in total. The number of rotatable bonds is 5. The number of amides is 2. The van der Waals surface area contributed by atoms with E-state index in [1.165, 1.54) is 0 Å². The fraction of sp³-hybridized carbons (Fsp3) is 0.467. The van der Waals surface area contributed by atoms with Gasteiger partial charge >= 0.3 is 0 Å². The molecule has 21 heavy (non-hydrogen) atoms. The van der Waals surface area contributed by atoms with Gasteiger partial charge in [0.1, 0.15) is 0 Å². The fourth-order valence-electron chi connectivity index (χ4n) is 2.25. The van der Waals surface area contributed by atoms with Gasteiger partial charge in [0.25, 0.3) is 0 Å². The summed E-state index contributed by atoms with van der Waals surface area (Å²) < 4.78 is 0.920. The zero-order valence-corrected chi connectivity index (χ0v) is 13.7. The van der Waals surface area contributed by atoms with Crippen LogP contribution in [0.25, 0.3) is 0 Å². The normalized spacial score (nSPS) is 14.1. The van der Waals surface area contributed by atoms with Gasteiger partial charge in [-0.1, -0.05) is 6.07 Å². The number of aryl methyl sites for hydroxylation is 1. The van der Waals surface area contributed by atoms with E-state index in [2.05, 4.69) is 26.6 Å². The van der Waals surface area contributed by atoms with E-state index in [0.29, 0.717) is 0 Å². The van der Waals surface area contributed by atoms with E-state index in [-0.39, 0.29) is 24.9 Å². The van der Waals surface area contributed by atoms with Crippen LogP contribution in [0.2, 0.25) is 0 Å². The summed E-state index contributed by atoms with van der Waals surface area (Å²) in [5.74, 6) is -0.188. The molecule has 0 saturated carbocycles. The number of likely N-dealkylation sites (tertiary alicyclic amines) is 1. The second kappa shape index (κ2) is 7.45. The molecule has 1 heterocycles. The maximum atomic E-state index is 11.8. The van der Waals surface area contributed by atoms with Crippen molar-refractivity contribution < 1.29 is 9.59 Å². The van der Waals surface area contributed by atoms with Crippen LogP contribution in [0.15, 0.2) is 22.7 Å². The predicted molar refractivity (Wildman–Crippen MR) is 86.2 cm³/mol. The van der Waals surface area contributed by atoms with Crippen molar-refractivity contribution in [2.45, 2.75) is 19.8 Å². The first-order chi connectivity index (χ1) is 10.1. The van der Waals surface area contributed by atoms with E-state index >= 15 is 0 Å². The highest BCUT2D eigenvalue weighted by Crippen LogP contribution is 2.22. The summed E-state index contributed by atoms with van der Waals surface area (Å²) in [6, 6.07) is 5.88. The number of nitrogens with zero attached hydrogens (tertiary/aromatic N) is 1. The number of hydrogen-bond donors (Lipinski definition) is 2. The molecule has 1 saturated heterocycles. The van der Waals surface area contributed by atoms with Gasteiger partial charge in [-0.15, -0.1) is 0 Å². The number of nitrogens with one attached hydrogen (secondary N) is 2. The Balaban J connectivity index is 1.73. The SMILES string of the molecule is Cc1ccc(NCC(=O)NCC(=O)N2CCCC2)c(Br)c1. The highest BCUT2D eigenvalue weighted by Gasteiger charge is 2.17. The summed E-state index contributed by atoms with van der Waals surface area (Å²) in [5, 5.41) is 5.70. The lowest BCUT2D eigenvalue weighted by Crippen LogP contribution is -2.40. The lowest BCUT2D eigenvalue weighted by atomic mass is 10.2. The molecule has 0 atom stereocenters. The standard InChI is InChI=1S/C15H20BrN3O2/c1-11-4-5-13(12(16)8-11)17-9-14(20)18-10-15(21)19-6-2-3-7-19/h4-5,8,17H,2-3,6-7,9-10H2,1H3,(H,18,20). The average Bonchev–Trinajstić information content (AvgIpc) is 2.98. The van der Waals surface area contributed by atoms with Crippen LogP contribution >= 0.6 is 15.9 Å². The number of halogens is 1. The highest BCUT2D eigenvalue weighted by atomic mass is 79.9. The fourth-order valence-corrected chi connectivity index (χ4v) is 2.89. The quantitative estimate of drug-likeness (QED) is 0.849. The van der Waals surface area contributed by atoms with Crippen LogP contribution in [0.4, 0.5) is 5.69 Å². The van der Waals surface area contributed by atoms with Gasteiger partial charge in [-0.3, -0.25) is 9.59 Å². The van der Waals surface area contributed by atoms with Crippen molar-refractivity contribution in [2.24, 2.45) is 0 Å². The highest BCUT2D eigenvalue weighted by molar-refractivity contribution is 9.10. The van der Waals surface area contributed by atoms with E-state index in [9.17, 15) is 9.59 Å². The first-order valence-electron chi connectivity index (χ1n) is 7.11. The summed E-state index contributed by atoms with van der Waals surface area (Å²) in [4.78, 5) is 25.3. The molecular weight excluding hydrogens is 334 g/mol. The van der Waals surface area contributed by atoms with Crippen LogP contribution in [-0.4, -0.2) is 42.9 Å². The lowest BCUT2D eigenvalue weighted by molar-refractivity contribution is -0.131. The van der Waals surface area contributed by atoms with Gasteiger partial charge in [0.15, 0.2) is 0 Å². The Morgan fingerprint density at radius 3 is 2.62 bits per heavy atom. The molecule has 2 N–H and O–H groups in total. The second-order valence-electron chi connectivity index (χ2n) is 5.20. The summed E-state index contributed by atoms with van der Waals surface area (Å²) in [6.45, 7) is 3.85. The molecule has 1 aromatic rings. The zero-order chi connectivity index (χ0) is 15.2. The molecule has 0 spiro atoms. The Labute approximate surface area is 133 Å². The zero-order valence-electron chi connectivity index (χ0n) is 12.1. The van der Waals surface area contributed by atoms with Crippen LogP contribution in [0.5, 0.6) is 0 Å². The molecule has 1 aliphatic rings. The number of hydrogen-bond acceptors (Lipinski definition) is 3. The van der Waals surface area contributed by atoms with Gasteiger partial charge in [-0.25, -0.2) is 0 Å². The minimum Gasteiger partial charge on any atom is -0.375 e. The van der Waals surface area contributed by atoms with Crippen LogP contribution in [0.1, 0.15) is 18.4 Å². The molecule has 1 fully saturated rings. The van der Waals surface area contributed by atoms with Crippen LogP contribution in [0.3, 0.4) is 0 Å². The molecule has 0 radical (unpaired) electrons. The first kappa shape index (κ1) is 15.8. The van der Waals surface area contributed by atoms with Crippen molar-refractivity contribution >= 4 is 33.4 Å². The summed E-state index contributed by atoms with van der Waals surface area (Å²) in [5.41, 5.74) is 2.01. The molecule has 0 bridgehead atoms. The molecule has 0 unspecified atom stereocenters. The summed E-state index contributed by atoms with van der Waals surface area (Å²) in [7, 11) is 0. The number of anilines is 1. The van der Waals surface area contributed by atoms with Gasteiger partial charge < -0.3 is 15.5 Å². The van der Waals surface area contributed by atoms with Gasteiger partial charge in [0.05, 0.1) is 13.1 Å². The maximum absolute atomic E-state index is 11.8. The van der Waals surface area contributed by atoms with Crippen LogP contribution < -0.4 is 10.6 Å². The molecule has 6 heteroatoms.